The lowest BCUT2D eigenvalue weighted by molar-refractivity contribution is -0.384. The number of hydrogen-bond acceptors (Lipinski definition) is 5. The second-order valence-corrected chi connectivity index (χ2v) is 5.87. The summed E-state index contributed by atoms with van der Waals surface area (Å²) in [6, 6.07) is 9.84. The van der Waals surface area contributed by atoms with E-state index in [0.717, 1.165) is 17.2 Å². The van der Waals surface area contributed by atoms with Crippen molar-refractivity contribution in [2.45, 2.75) is 13.1 Å². The highest BCUT2D eigenvalue weighted by atomic mass is 19.4. The summed E-state index contributed by atoms with van der Waals surface area (Å²) in [6.45, 7) is 1.78. The molecular weight excluding hydrogens is 391 g/mol. The minimum atomic E-state index is -4.60. The third-order valence-corrected chi connectivity index (χ3v) is 4.00. The maximum absolute atomic E-state index is 13.3. The number of nitro groups is 1. The Kier molecular flexibility index (Phi) is 5.35. The van der Waals surface area contributed by atoms with Gasteiger partial charge >= 0.3 is 6.18 Å². The van der Waals surface area contributed by atoms with Crippen LogP contribution in [0.4, 0.5) is 24.5 Å². The lowest BCUT2D eigenvalue weighted by Crippen LogP contribution is -2.21. The summed E-state index contributed by atoms with van der Waals surface area (Å²) in [7, 11) is 0. The standard InChI is InChI=1S/C19H14F3N3O4/c1-2-29-17-15(11-12-5-3-4-6-16(12)19(20,21)22)18(26)24(23-17)13-7-9-14(10-8-13)25(27)28/h3-11H,2H2,1H3/b15-11-. The van der Waals surface area contributed by atoms with Crippen molar-refractivity contribution in [1.82, 2.24) is 0 Å². The molecule has 2 aromatic carbocycles. The number of rotatable bonds is 4. The number of ether oxygens (including phenoxy) is 1. The van der Waals surface area contributed by atoms with Crippen LogP contribution < -0.4 is 5.01 Å². The van der Waals surface area contributed by atoms with Crippen LogP contribution in [0, 0.1) is 10.1 Å². The number of benzene rings is 2. The van der Waals surface area contributed by atoms with E-state index in [2.05, 4.69) is 5.10 Å². The second kappa shape index (κ2) is 7.74. The Hall–Kier alpha value is -3.69. The van der Waals surface area contributed by atoms with Crippen LogP contribution in [-0.2, 0) is 15.7 Å². The molecule has 0 bridgehead atoms. The first kappa shape index (κ1) is 20.1. The zero-order chi connectivity index (χ0) is 21.2. The number of non-ortho nitro benzene ring substituents is 1. The molecule has 0 aliphatic carbocycles. The molecular formula is C19H14F3N3O4. The normalized spacial score (nSPS) is 15.6. The van der Waals surface area contributed by atoms with E-state index < -0.39 is 22.6 Å². The number of alkyl halides is 3. The number of carbonyl (C=O) groups is 1. The lowest BCUT2D eigenvalue weighted by atomic mass is 10.0. The third-order valence-electron chi connectivity index (χ3n) is 4.00. The monoisotopic (exact) mass is 405 g/mol. The topological polar surface area (TPSA) is 85.0 Å². The van der Waals surface area contributed by atoms with Gasteiger partial charge in [-0.2, -0.15) is 18.2 Å². The van der Waals surface area contributed by atoms with Gasteiger partial charge in [0, 0.05) is 12.1 Å². The van der Waals surface area contributed by atoms with Gasteiger partial charge in [0.25, 0.3) is 11.6 Å². The van der Waals surface area contributed by atoms with Gasteiger partial charge in [-0.15, -0.1) is 5.10 Å². The molecule has 1 aliphatic heterocycles. The predicted octanol–water partition coefficient (Wildman–Crippen LogP) is 4.39. The summed E-state index contributed by atoms with van der Waals surface area (Å²) in [5.41, 5.74) is -1.22. The minimum Gasteiger partial charge on any atom is -0.476 e. The Morgan fingerprint density at radius 3 is 2.41 bits per heavy atom. The Balaban J connectivity index is 2.03. The average molecular weight is 405 g/mol. The first-order valence-corrected chi connectivity index (χ1v) is 8.41. The fourth-order valence-electron chi connectivity index (χ4n) is 2.69. The van der Waals surface area contributed by atoms with E-state index in [-0.39, 0.29) is 35.0 Å². The fraction of sp³-hybridized carbons (Fsp3) is 0.158. The van der Waals surface area contributed by atoms with Crippen molar-refractivity contribution in [1.29, 1.82) is 0 Å². The minimum absolute atomic E-state index is 0.132. The summed E-state index contributed by atoms with van der Waals surface area (Å²) >= 11 is 0. The molecule has 0 saturated heterocycles. The van der Waals surface area contributed by atoms with Gasteiger partial charge in [-0.1, -0.05) is 18.2 Å². The smallest absolute Gasteiger partial charge is 0.416 e. The SMILES string of the molecule is CCOC1=NN(c2ccc([N+](=O)[O-])cc2)C(=O)/C1=C\c1ccccc1C(F)(F)F. The highest BCUT2D eigenvalue weighted by molar-refractivity contribution is 6.30. The molecule has 1 heterocycles. The van der Waals surface area contributed by atoms with Gasteiger partial charge in [0.1, 0.15) is 5.57 Å². The van der Waals surface area contributed by atoms with E-state index in [4.69, 9.17) is 4.74 Å². The Bertz CT molecular complexity index is 1010. The van der Waals surface area contributed by atoms with Gasteiger partial charge in [-0.05, 0) is 36.8 Å². The van der Waals surface area contributed by atoms with Gasteiger partial charge in [0.15, 0.2) is 0 Å². The fourth-order valence-corrected chi connectivity index (χ4v) is 2.69. The molecule has 1 aliphatic rings. The molecule has 29 heavy (non-hydrogen) atoms. The van der Waals surface area contributed by atoms with Gasteiger partial charge < -0.3 is 4.74 Å². The second-order valence-electron chi connectivity index (χ2n) is 5.87. The van der Waals surface area contributed by atoms with E-state index >= 15 is 0 Å². The molecule has 0 radical (unpaired) electrons. The van der Waals surface area contributed by atoms with E-state index in [1.807, 2.05) is 0 Å². The molecule has 0 N–H and O–H groups in total. The number of nitro benzene ring substituents is 1. The summed E-state index contributed by atoms with van der Waals surface area (Å²) in [6.07, 6.45) is -3.53. The van der Waals surface area contributed by atoms with E-state index in [1.165, 1.54) is 42.5 Å². The Morgan fingerprint density at radius 1 is 1.17 bits per heavy atom. The third kappa shape index (κ3) is 4.10. The van der Waals surface area contributed by atoms with Crippen molar-refractivity contribution in [2.75, 3.05) is 11.6 Å². The predicted molar refractivity (Wildman–Crippen MR) is 99.1 cm³/mol. The molecule has 0 fully saturated rings. The number of hydrazone groups is 1. The molecule has 10 heteroatoms. The van der Waals surface area contributed by atoms with Crippen LogP contribution in [0.3, 0.4) is 0 Å². The molecule has 0 saturated carbocycles. The first-order valence-electron chi connectivity index (χ1n) is 8.41. The van der Waals surface area contributed by atoms with Crippen molar-refractivity contribution in [3.05, 3.63) is 75.3 Å². The van der Waals surface area contributed by atoms with Crippen LogP contribution in [0.1, 0.15) is 18.1 Å². The van der Waals surface area contributed by atoms with Gasteiger partial charge in [0.05, 0.1) is 22.8 Å². The summed E-state index contributed by atoms with van der Waals surface area (Å²) in [5, 5.41) is 15.7. The number of amides is 1. The van der Waals surface area contributed by atoms with Crippen molar-refractivity contribution in [2.24, 2.45) is 5.10 Å². The van der Waals surface area contributed by atoms with Gasteiger partial charge in [-0.25, -0.2) is 0 Å². The van der Waals surface area contributed by atoms with Crippen molar-refractivity contribution in [3.63, 3.8) is 0 Å². The van der Waals surface area contributed by atoms with Crippen molar-refractivity contribution in [3.8, 4) is 0 Å². The quantitative estimate of drug-likeness (QED) is 0.429. The summed E-state index contributed by atoms with van der Waals surface area (Å²) in [5.74, 6) is -0.841. The lowest BCUT2D eigenvalue weighted by Gasteiger charge is -2.12. The molecule has 0 aromatic heterocycles. The van der Waals surface area contributed by atoms with Crippen LogP contribution in [0.15, 0.2) is 59.2 Å². The van der Waals surface area contributed by atoms with Crippen molar-refractivity contribution >= 4 is 29.3 Å². The zero-order valence-electron chi connectivity index (χ0n) is 15.0. The number of carbonyl (C=O) groups excluding carboxylic acids is 1. The molecule has 1 amide bonds. The van der Waals surface area contributed by atoms with Gasteiger partial charge in [-0.3, -0.25) is 14.9 Å². The van der Waals surface area contributed by atoms with E-state index in [9.17, 15) is 28.1 Å². The number of anilines is 1. The highest BCUT2D eigenvalue weighted by Gasteiger charge is 2.36. The molecule has 3 rings (SSSR count). The van der Waals surface area contributed by atoms with Crippen LogP contribution in [0.2, 0.25) is 0 Å². The Labute approximate surface area is 162 Å². The van der Waals surface area contributed by atoms with Gasteiger partial charge in [0.2, 0.25) is 5.90 Å². The number of nitrogens with zero attached hydrogens (tertiary/aromatic N) is 3. The average Bonchev–Trinajstić information content (AvgIpc) is 2.98. The molecule has 2 aromatic rings. The zero-order valence-corrected chi connectivity index (χ0v) is 15.0. The number of hydrogen-bond donors (Lipinski definition) is 0. The van der Waals surface area contributed by atoms with E-state index in [1.54, 1.807) is 6.92 Å². The summed E-state index contributed by atoms with van der Waals surface area (Å²) < 4.78 is 45.1. The van der Waals surface area contributed by atoms with E-state index in [0.29, 0.717) is 0 Å². The largest absolute Gasteiger partial charge is 0.476 e. The molecule has 150 valence electrons. The van der Waals surface area contributed by atoms with Crippen LogP contribution in [0.25, 0.3) is 6.08 Å². The highest BCUT2D eigenvalue weighted by Crippen LogP contribution is 2.34. The molecule has 0 unspecified atom stereocenters. The van der Waals surface area contributed by atoms with Crippen LogP contribution >= 0.6 is 0 Å². The first-order chi connectivity index (χ1) is 13.7. The Morgan fingerprint density at radius 2 is 1.83 bits per heavy atom. The van der Waals surface area contributed by atoms with Crippen molar-refractivity contribution < 1.29 is 27.6 Å². The number of halogens is 3. The van der Waals surface area contributed by atoms with Crippen LogP contribution in [-0.4, -0.2) is 23.3 Å². The summed E-state index contributed by atoms with van der Waals surface area (Å²) in [4.78, 5) is 23.0. The maximum atomic E-state index is 13.3. The maximum Gasteiger partial charge on any atom is 0.416 e. The molecule has 0 atom stereocenters. The molecule has 0 spiro atoms. The molecule has 7 nitrogen and oxygen atoms in total. The van der Waals surface area contributed by atoms with Crippen LogP contribution in [0.5, 0.6) is 0 Å².